The number of carbonyl (C=O) groups is 2. The maximum absolute atomic E-state index is 12.1. The van der Waals surface area contributed by atoms with Crippen LogP contribution in [0.1, 0.15) is 39.5 Å². The molecule has 110 valence electrons. The van der Waals surface area contributed by atoms with E-state index < -0.39 is 17.9 Å². The first kappa shape index (κ1) is 15.3. The molecule has 0 spiro atoms. The summed E-state index contributed by atoms with van der Waals surface area (Å²) in [7, 11) is 0. The van der Waals surface area contributed by atoms with Gasteiger partial charge in [0.2, 0.25) is 0 Å². The van der Waals surface area contributed by atoms with E-state index in [4.69, 9.17) is 28.3 Å². The van der Waals surface area contributed by atoms with E-state index in [0.717, 1.165) is 6.33 Å². The molecule has 1 aromatic carbocycles. The van der Waals surface area contributed by atoms with Crippen LogP contribution in [0.5, 0.6) is 0 Å². The molecule has 0 saturated carbocycles. The third-order valence-corrected chi connectivity index (χ3v) is 3.41. The Bertz CT molecular complexity index is 700. The van der Waals surface area contributed by atoms with Gasteiger partial charge in [-0.1, -0.05) is 29.3 Å². The number of carboxylic acid groups (broad SMARTS) is 1. The Labute approximate surface area is 130 Å². The quantitative estimate of drug-likeness (QED) is 0.804. The third kappa shape index (κ3) is 3.34. The molecule has 0 aliphatic rings. The molecule has 0 aliphatic heterocycles. The number of aromatic amines is 1. The van der Waals surface area contributed by atoms with E-state index in [1.54, 1.807) is 25.1 Å². The smallest absolute Gasteiger partial charge is 0.354 e. The normalized spacial score (nSPS) is 12.0. The number of nitrogens with one attached hydrogen (secondary N) is 2. The van der Waals surface area contributed by atoms with Crippen molar-refractivity contribution in [2.45, 2.75) is 13.0 Å². The fourth-order valence-corrected chi connectivity index (χ4v) is 2.40. The molecule has 0 aliphatic carbocycles. The number of hydrogen-bond acceptors (Lipinski definition) is 3. The van der Waals surface area contributed by atoms with Crippen molar-refractivity contribution in [2.75, 3.05) is 0 Å². The number of hydrogen-bond donors (Lipinski definition) is 3. The highest BCUT2D eigenvalue weighted by atomic mass is 35.5. The molecule has 1 unspecified atom stereocenters. The lowest BCUT2D eigenvalue weighted by Gasteiger charge is -2.15. The minimum Gasteiger partial charge on any atom is -0.477 e. The summed E-state index contributed by atoms with van der Waals surface area (Å²) in [5, 5.41) is 12.5. The minimum atomic E-state index is -1.25. The van der Waals surface area contributed by atoms with Crippen LogP contribution < -0.4 is 5.32 Å². The summed E-state index contributed by atoms with van der Waals surface area (Å²) in [5.41, 5.74) is 0.225. The Hall–Kier alpha value is -2.05. The highest BCUT2D eigenvalue weighted by Gasteiger charge is 2.22. The summed E-state index contributed by atoms with van der Waals surface area (Å²) in [6.45, 7) is 1.72. The molecule has 21 heavy (non-hydrogen) atoms. The predicted molar refractivity (Wildman–Crippen MR) is 77.9 cm³/mol. The Balaban J connectivity index is 2.19. The van der Waals surface area contributed by atoms with Crippen LogP contribution in [0.3, 0.4) is 0 Å². The summed E-state index contributed by atoms with van der Waals surface area (Å²) in [6, 6.07) is 4.49. The topological polar surface area (TPSA) is 95.1 Å². The molecular weight excluding hydrogens is 317 g/mol. The van der Waals surface area contributed by atoms with Gasteiger partial charge < -0.3 is 15.4 Å². The number of nitrogens with zero attached hydrogens (tertiary/aromatic N) is 1. The molecule has 0 saturated heterocycles. The molecule has 0 radical (unpaired) electrons. The first-order chi connectivity index (χ1) is 9.90. The van der Waals surface area contributed by atoms with Crippen molar-refractivity contribution in [3.8, 4) is 0 Å². The van der Waals surface area contributed by atoms with Crippen molar-refractivity contribution in [3.63, 3.8) is 0 Å². The van der Waals surface area contributed by atoms with Gasteiger partial charge >= 0.3 is 5.97 Å². The number of amides is 1. The third-order valence-electron chi connectivity index (χ3n) is 2.84. The molecule has 1 atom stereocenters. The number of H-pyrrole nitrogens is 1. The van der Waals surface area contributed by atoms with Crippen molar-refractivity contribution in [1.29, 1.82) is 0 Å². The minimum absolute atomic E-state index is 0.181. The molecule has 0 fully saturated rings. The first-order valence-corrected chi connectivity index (χ1v) is 6.68. The first-order valence-electron chi connectivity index (χ1n) is 5.92. The highest BCUT2D eigenvalue weighted by molar-refractivity contribution is 6.35. The lowest BCUT2D eigenvalue weighted by molar-refractivity contribution is 0.0684. The molecule has 2 aromatic rings. The Morgan fingerprint density at radius 3 is 2.71 bits per heavy atom. The predicted octanol–water partition coefficient (Wildman–Crippen LogP) is 2.91. The van der Waals surface area contributed by atoms with Crippen LogP contribution in [-0.4, -0.2) is 27.0 Å². The summed E-state index contributed by atoms with van der Waals surface area (Å²) in [5.74, 6) is -1.86. The highest BCUT2D eigenvalue weighted by Crippen LogP contribution is 2.26. The average Bonchev–Trinajstić information content (AvgIpc) is 2.87. The van der Waals surface area contributed by atoms with Crippen LogP contribution in [-0.2, 0) is 0 Å². The molecule has 6 nitrogen and oxygen atoms in total. The summed E-state index contributed by atoms with van der Waals surface area (Å²) in [6.07, 6.45) is 1.15. The molecule has 0 bridgehead atoms. The van der Waals surface area contributed by atoms with E-state index in [-0.39, 0.29) is 11.4 Å². The van der Waals surface area contributed by atoms with E-state index in [0.29, 0.717) is 15.6 Å². The fraction of sp³-hybridized carbons (Fsp3) is 0.154. The fourth-order valence-electron chi connectivity index (χ4n) is 1.82. The molecule has 1 heterocycles. The van der Waals surface area contributed by atoms with Gasteiger partial charge in [0.1, 0.15) is 0 Å². The lowest BCUT2D eigenvalue weighted by Crippen LogP contribution is -2.28. The molecule has 8 heteroatoms. The van der Waals surface area contributed by atoms with Gasteiger partial charge in [0.25, 0.3) is 5.91 Å². The number of halogens is 2. The standard InChI is InChI=1S/C13H11Cl2N3O3/c1-6(8-3-2-7(14)4-9(8)15)18-12(19)10-11(13(20)21)17-5-16-10/h2-6H,1H3,(H,16,17)(H,18,19)(H,20,21). The zero-order valence-corrected chi connectivity index (χ0v) is 12.4. The monoisotopic (exact) mass is 327 g/mol. The van der Waals surface area contributed by atoms with E-state index in [2.05, 4.69) is 15.3 Å². The number of imidazole rings is 1. The average molecular weight is 328 g/mol. The van der Waals surface area contributed by atoms with Crippen LogP contribution >= 0.6 is 23.2 Å². The van der Waals surface area contributed by atoms with Gasteiger partial charge in [0.15, 0.2) is 11.4 Å². The lowest BCUT2D eigenvalue weighted by atomic mass is 10.1. The molecule has 1 amide bonds. The zero-order chi connectivity index (χ0) is 15.6. The second-order valence-corrected chi connectivity index (χ2v) is 5.14. The van der Waals surface area contributed by atoms with Gasteiger partial charge in [0.05, 0.1) is 12.4 Å². The van der Waals surface area contributed by atoms with Crippen molar-refractivity contribution < 1.29 is 14.7 Å². The van der Waals surface area contributed by atoms with E-state index in [1.165, 1.54) is 0 Å². The van der Waals surface area contributed by atoms with E-state index >= 15 is 0 Å². The molecular formula is C13H11Cl2N3O3. The number of aromatic nitrogens is 2. The largest absolute Gasteiger partial charge is 0.477 e. The van der Waals surface area contributed by atoms with Crippen LogP contribution in [0.25, 0.3) is 0 Å². The Morgan fingerprint density at radius 1 is 1.38 bits per heavy atom. The molecule has 2 rings (SSSR count). The number of benzene rings is 1. The number of rotatable bonds is 4. The maximum atomic E-state index is 12.1. The van der Waals surface area contributed by atoms with Crippen LogP contribution in [0.15, 0.2) is 24.5 Å². The van der Waals surface area contributed by atoms with Gasteiger partial charge in [-0.15, -0.1) is 0 Å². The Morgan fingerprint density at radius 2 is 2.10 bits per heavy atom. The van der Waals surface area contributed by atoms with Crippen LogP contribution in [0.2, 0.25) is 10.0 Å². The van der Waals surface area contributed by atoms with Crippen LogP contribution in [0.4, 0.5) is 0 Å². The van der Waals surface area contributed by atoms with Crippen molar-refractivity contribution in [1.82, 2.24) is 15.3 Å². The summed E-state index contributed by atoms with van der Waals surface area (Å²) >= 11 is 11.9. The second-order valence-electron chi connectivity index (χ2n) is 4.29. The zero-order valence-electron chi connectivity index (χ0n) is 10.9. The van der Waals surface area contributed by atoms with Crippen LogP contribution in [0, 0.1) is 0 Å². The SMILES string of the molecule is CC(NC(=O)c1nc[nH]c1C(=O)O)c1ccc(Cl)cc1Cl. The summed E-state index contributed by atoms with van der Waals surface area (Å²) in [4.78, 5) is 29.1. The van der Waals surface area contributed by atoms with Gasteiger partial charge in [0, 0.05) is 10.0 Å². The van der Waals surface area contributed by atoms with E-state index in [1.807, 2.05) is 0 Å². The maximum Gasteiger partial charge on any atom is 0.354 e. The Kier molecular flexibility index (Phi) is 4.50. The summed E-state index contributed by atoms with van der Waals surface area (Å²) < 4.78 is 0. The van der Waals surface area contributed by atoms with Crippen molar-refractivity contribution >= 4 is 35.1 Å². The second kappa shape index (κ2) is 6.15. The van der Waals surface area contributed by atoms with E-state index in [9.17, 15) is 9.59 Å². The van der Waals surface area contributed by atoms with Crippen molar-refractivity contribution in [3.05, 3.63) is 51.5 Å². The molecule has 3 N–H and O–H groups in total. The van der Waals surface area contributed by atoms with Gasteiger partial charge in [-0.25, -0.2) is 9.78 Å². The number of aromatic carboxylic acids is 1. The number of carbonyl (C=O) groups excluding carboxylic acids is 1. The van der Waals surface area contributed by atoms with Gasteiger partial charge in [-0.2, -0.15) is 0 Å². The molecule has 1 aromatic heterocycles. The van der Waals surface area contributed by atoms with Crippen molar-refractivity contribution in [2.24, 2.45) is 0 Å². The number of carboxylic acids is 1. The van der Waals surface area contributed by atoms with Gasteiger partial charge in [-0.05, 0) is 24.6 Å². The van der Waals surface area contributed by atoms with Gasteiger partial charge in [-0.3, -0.25) is 4.79 Å².